The van der Waals surface area contributed by atoms with Gasteiger partial charge < -0.3 is 18.9 Å². The molecule has 4 aromatic carbocycles. The largest absolute Gasteiger partial charge is 0.490 e. The molecule has 0 unspecified atom stereocenters. The fraction of sp³-hybridized carbons (Fsp3) is 0.212. The summed E-state index contributed by atoms with van der Waals surface area (Å²) >= 11 is 0. The Labute approximate surface area is 247 Å². The van der Waals surface area contributed by atoms with Gasteiger partial charge in [0.05, 0.1) is 30.6 Å². The van der Waals surface area contributed by atoms with Crippen LogP contribution in [0.15, 0.2) is 96.1 Å². The van der Waals surface area contributed by atoms with E-state index in [9.17, 15) is 18.0 Å². The minimum Gasteiger partial charge on any atom is -0.490 e. The van der Waals surface area contributed by atoms with E-state index >= 15 is 0 Å². The van der Waals surface area contributed by atoms with Gasteiger partial charge in [-0.1, -0.05) is 48.5 Å². The van der Waals surface area contributed by atoms with Crippen molar-refractivity contribution in [1.29, 1.82) is 0 Å². The van der Waals surface area contributed by atoms with Crippen molar-refractivity contribution < 1.29 is 36.9 Å². The van der Waals surface area contributed by atoms with Gasteiger partial charge in [0.25, 0.3) is 5.91 Å². The van der Waals surface area contributed by atoms with Gasteiger partial charge >= 0.3 is 6.18 Å². The molecule has 0 fully saturated rings. The number of hydrogen-bond acceptors (Lipinski definition) is 6. The molecule has 0 heterocycles. The number of nitrogens with zero attached hydrogens (tertiary/aromatic N) is 1. The van der Waals surface area contributed by atoms with E-state index < -0.39 is 23.2 Å². The van der Waals surface area contributed by atoms with Crippen molar-refractivity contribution in [2.24, 2.45) is 5.10 Å². The fourth-order valence-electron chi connectivity index (χ4n) is 4.07. The van der Waals surface area contributed by atoms with Gasteiger partial charge in [-0.3, -0.25) is 4.79 Å². The van der Waals surface area contributed by atoms with Crippen molar-refractivity contribution in [3.05, 3.63) is 119 Å². The molecule has 4 aromatic rings. The Balaban J connectivity index is 1.41. The number of ether oxygens (including phenoxy) is 4. The second-order valence-corrected chi connectivity index (χ2v) is 9.16. The van der Waals surface area contributed by atoms with Gasteiger partial charge in [-0.2, -0.15) is 18.3 Å². The Morgan fingerprint density at radius 3 is 2.00 bits per heavy atom. The lowest BCUT2D eigenvalue weighted by molar-refractivity contribution is -0.137. The van der Waals surface area contributed by atoms with Crippen LogP contribution in [0.2, 0.25) is 0 Å². The number of carbonyl (C=O) groups excluding carboxylic acids is 1. The number of alkyl halides is 3. The molecule has 0 aliphatic carbocycles. The second kappa shape index (κ2) is 14.8. The third-order valence-electron chi connectivity index (χ3n) is 6.06. The lowest BCUT2D eigenvalue weighted by Gasteiger charge is -2.15. The van der Waals surface area contributed by atoms with Crippen LogP contribution in [0.25, 0.3) is 0 Å². The zero-order valence-corrected chi connectivity index (χ0v) is 23.7. The molecule has 0 aliphatic rings. The Kier molecular flexibility index (Phi) is 10.6. The maximum absolute atomic E-state index is 13.2. The number of benzene rings is 4. The Bertz CT molecular complexity index is 1540. The molecular weight excluding hydrogens is 561 g/mol. The van der Waals surface area contributed by atoms with Crippen molar-refractivity contribution in [2.75, 3.05) is 13.2 Å². The maximum atomic E-state index is 13.2. The molecule has 0 radical (unpaired) electrons. The van der Waals surface area contributed by atoms with Gasteiger partial charge in [0, 0.05) is 0 Å². The van der Waals surface area contributed by atoms with Crippen molar-refractivity contribution in [3.8, 4) is 23.0 Å². The highest BCUT2D eigenvalue weighted by Gasteiger charge is 2.34. The molecule has 0 aliphatic heterocycles. The molecule has 4 rings (SSSR count). The van der Waals surface area contributed by atoms with Crippen LogP contribution in [-0.2, 0) is 19.4 Å². The first-order valence-corrected chi connectivity index (χ1v) is 13.6. The van der Waals surface area contributed by atoms with Crippen LogP contribution < -0.4 is 24.4 Å². The number of amides is 1. The van der Waals surface area contributed by atoms with E-state index in [4.69, 9.17) is 18.9 Å². The molecule has 224 valence electrons. The lowest BCUT2D eigenvalue weighted by atomic mass is 10.1. The Morgan fingerprint density at radius 2 is 1.33 bits per heavy atom. The lowest BCUT2D eigenvalue weighted by Crippen LogP contribution is -2.22. The van der Waals surface area contributed by atoms with Crippen molar-refractivity contribution >= 4 is 12.1 Å². The summed E-state index contributed by atoms with van der Waals surface area (Å²) in [6.07, 6.45) is -3.36. The predicted octanol–water partition coefficient (Wildman–Crippen LogP) is 7.42. The Morgan fingerprint density at radius 1 is 0.721 bits per heavy atom. The van der Waals surface area contributed by atoms with Crippen molar-refractivity contribution in [2.45, 2.75) is 33.2 Å². The summed E-state index contributed by atoms with van der Waals surface area (Å²) in [5.41, 5.74) is 3.03. The first-order chi connectivity index (χ1) is 20.8. The third-order valence-corrected chi connectivity index (χ3v) is 6.06. The number of hydrogen-bond donors (Lipinski definition) is 1. The highest BCUT2D eigenvalue weighted by molar-refractivity contribution is 5.96. The Hall–Kier alpha value is -4.99. The topological polar surface area (TPSA) is 78.4 Å². The maximum Gasteiger partial charge on any atom is 0.417 e. The van der Waals surface area contributed by atoms with E-state index in [0.717, 1.165) is 23.3 Å². The van der Waals surface area contributed by atoms with Crippen LogP contribution in [0, 0.1) is 0 Å². The number of carbonyl (C=O) groups is 1. The summed E-state index contributed by atoms with van der Waals surface area (Å²) in [6, 6.07) is 25.0. The van der Waals surface area contributed by atoms with Gasteiger partial charge in [0.15, 0.2) is 23.0 Å². The molecule has 7 nitrogen and oxygen atoms in total. The molecule has 0 saturated carbocycles. The third kappa shape index (κ3) is 8.75. The first-order valence-electron chi connectivity index (χ1n) is 13.6. The van der Waals surface area contributed by atoms with Crippen LogP contribution in [-0.4, -0.2) is 25.3 Å². The van der Waals surface area contributed by atoms with E-state index in [1.807, 2.05) is 62.4 Å². The molecule has 0 atom stereocenters. The van der Waals surface area contributed by atoms with Crippen LogP contribution >= 0.6 is 0 Å². The summed E-state index contributed by atoms with van der Waals surface area (Å²) in [4.78, 5) is 12.3. The summed E-state index contributed by atoms with van der Waals surface area (Å²) < 4.78 is 63.2. The van der Waals surface area contributed by atoms with E-state index in [1.54, 1.807) is 18.2 Å². The molecule has 0 aromatic heterocycles. The van der Waals surface area contributed by atoms with E-state index in [0.29, 0.717) is 48.4 Å². The number of hydrazone groups is 1. The molecule has 0 bridgehead atoms. The molecule has 0 spiro atoms. The number of rotatable bonds is 13. The minimum atomic E-state index is -4.66. The van der Waals surface area contributed by atoms with Gasteiger partial charge in [0.1, 0.15) is 13.2 Å². The smallest absolute Gasteiger partial charge is 0.417 e. The number of halogens is 3. The SMILES string of the molecule is CCOc1cc(/C=N/NC(=O)c2ccccc2C(F)(F)F)ccc1OCc1ccc(OCc2ccccc2)c(OCC)c1. The number of nitrogens with one attached hydrogen (secondary N) is 1. The van der Waals surface area contributed by atoms with Crippen LogP contribution in [0.3, 0.4) is 0 Å². The van der Waals surface area contributed by atoms with E-state index in [1.165, 1.54) is 18.3 Å². The second-order valence-electron chi connectivity index (χ2n) is 9.16. The first kappa shape index (κ1) is 31.0. The fourth-order valence-corrected chi connectivity index (χ4v) is 4.07. The molecule has 1 N–H and O–H groups in total. The van der Waals surface area contributed by atoms with Crippen LogP contribution in [0.4, 0.5) is 13.2 Å². The normalized spacial score (nSPS) is 11.3. The average Bonchev–Trinajstić information content (AvgIpc) is 3.00. The van der Waals surface area contributed by atoms with Crippen LogP contribution in [0.1, 0.15) is 46.5 Å². The zero-order valence-electron chi connectivity index (χ0n) is 23.7. The summed E-state index contributed by atoms with van der Waals surface area (Å²) in [5, 5.41) is 3.82. The highest BCUT2D eigenvalue weighted by Crippen LogP contribution is 2.33. The van der Waals surface area contributed by atoms with Gasteiger partial charge in [-0.25, -0.2) is 5.43 Å². The summed E-state index contributed by atoms with van der Waals surface area (Å²) in [6.45, 7) is 5.19. The molecule has 10 heteroatoms. The molecular formula is C33H31F3N2O5. The van der Waals surface area contributed by atoms with Gasteiger partial charge in [-0.15, -0.1) is 0 Å². The van der Waals surface area contributed by atoms with Gasteiger partial charge in [-0.05, 0) is 73.0 Å². The highest BCUT2D eigenvalue weighted by atomic mass is 19.4. The zero-order chi connectivity index (χ0) is 30.7. The summed E-state index contributed by atoms with van der Waals surface area (Å²) in [7, 11) is 0. The molecule has 0 saturated heterocycles. The quantitative estimate of drug-likeness (QED) is 0.129. The molecule has 1 amide bonds. The predicted molar refractivity (Wildman–Crippen MR) is 157 cm³/mol. The van der Waals surface area contributed by atoms with E-state index in [-0.39, 0.29) is 6.61 Å². The monoisotopic (exact) mass is 592 g/mol. The summed E-state index contributed by atoms with van der Waals surface area (Å²) in [5.74, 6) is 1.17. The average molecular weight is 593 g/mol. The van der Waals surface area contributed by atoms with Gasteiger partial charge in [0.2, 0.25) is 0 Å². The van der Waals surface area contributed by atoms with Crippen molar-refractivity contribution in [3.63, 3.8) is 0 Å². The van der Waals surface area contributed by atoms with Crippen LogP contribution in [0.5, 0.6) is 23.0 Å². The minimum absolute atomic E-state index is 0.223. The van der Waals surface area contributed by atoms with E-state index in [2.05, 4.69) is 10.5 Å². The van der Waals surface area contributed by atoms with Crippen molar-refractivity contribution in [1.82, 2.24) is 5.43 Å². The molecule has 43 heavy (non-hydrogen) atoms. The standard InChI is InChI=1S/C33H31F3N2O5/c1-3-40-30-18-24(20-37-38-32(39)26-12-8-9-13-27(26)33(34,35)36)14-16-28(30)43-22-25-15-17-29(31(19-25)41-4-2)42-21-23-10-6-5-7-11-23/h5-20H,3-4,21-22H2,1-2H3,(H,38,39)/b37-20+.